The summed E-state index contributed by atoms with van der Waals surface area (Å²) >= 11 is 0. The van der Waals surface area contributed by atoms with E-state index in [9.17, 15) is 5.11 Å². The zero-order valence-corrected chi connectivity index (χ0v) is 17.4. The van der Waals surface area contributed by atoms with Crippen LogP contribution in [-0.4, -0.2) is 15.1 Å². The van der Waals surface area contributed by atoms with Gasteiger partial charge >= 0.3 is 0 Å². The second-order valence-corrected chi connectivity index (χ2v) is 6.11. The molecule has 1 heterocycles. The molecule has 0 fully saturated rings. The topological polar surface area (TPSA) is 46.0 Å². The number of hydrogen-bond acceptors (Lipinski definition) is 3. The first-order valence-electron chi connectivity index (χ1n) is 6.98. The van der Waals surface area contributed by atoms with Gasteiger partial charge in [0.05, 0.1) is 6.10 Å². The Morgan fingerprint density at radius 1 is 1.14 bits per heavy atom. The second-order valence-electron chi connectivity index (χ2n) is 6.11. The zero-order chi connectivity index (χ0) is 15.8. The van der Waals surface area contributed by atoms with Gasteiger partial charge in [-0.3, -0.25) is 0 Å². The van der Waals surface area contributed by atoms with E-state index in [0.717, 1.165) is 5.56 Å². The van der Waals surface area contributed by atoms with Crippen LogP contribution >= 0.6 is 0 Å². The fourth-order valence-corrected chi connectivity index (χ4v) is 1.18. The van der Waals surface area contributed by atoms with E-state index in [0.29, 0.717) is 5.82 Å². The van der Waals surface area contributed by atoms with E-state index in [-0.39, 0.29) is 30.8 Å². The van der Waals surface area contributed by atoms with E-state index in [2.05, 4.69) is 21.8 Å². The molecule has 1 atom stereocenters. The minimum Gasteiger partial charge on any atom is -0.388 e. The summed E-state index contributed by atoms with van der Waals surface area (Å²) in [6, 6.07) is 0. The van der Waals surface area contributed by atoms with Gasteiger partial charge < -0.3 is 11.5 Å². The maximum atomic E-state index is 9.83. The zero-order valence-electron chi connectivity index (χ0n) is 14.4. The Labute approximate surface area is 142 Å². The summed E-state index contributed by atoms with van der Waals surface area (Å²) in [5, 5.41) is 9.83. The molecule has 0 saturated heterocycles. The summed E-state index contributed by atoms with van der Waals surface area (Å²) in [5.74, 6) is 6.66. The van der Waals surface area contributed by atoms with Gasteiger partial charge in [0.15, 0.2) is 0 Å². The van der Waals surface area contributed by atoms with Gasteiger partial charge in [-0.1, -0.05) is 19.8 Å². The number of nitrogens with zero attached hydrogens (tertiary/aromatic N) is 2. The van der Waals surface area contributed by atoms with E-state index in [1.807, 2.05) is 54.9 Å². The van der Waals surface area contributed by atoms with Gasteiger partial charge in [-0.25, -0.2) is 9.97 Å². The van der Waals surface area contributed by atoms with Gasteiger partial charge in [0.2, 0.25) is 5.82 Å². The molecule has 0 aliphatic rings. The molecule has 3 nitrogen and oxygen atoms in total. The third-order valence-corrected chi connectivity index (χ3v) is 2.19. The summed E-state index contributed by atoms with van der Waals surface area (Å²) < 4.78 is 0. The van der Waals surface area contributed by atoms with Crippen LogP contribution in [0.5, 0.6) is 0 Å². The van der Waals surface area contributed by atoms with Crippen LogP contribution in [0, 0.1) is 29.6 Å². The Morgan fingerprint density at radius 3 is 1.90 bits per heavy atom. The van der Waals surface area contributed by atoms with Gasteiger partial charge in [-0.2, -0.15) is 13.8 Å². The van der Waals surface area contributed by atoms with Crippen LogP contribution in [0.2, 0.25) is 0 Å². The SMILES string of the molecule is CC(C)C(O)c1cnc(C#CC(C)(C)C)nc1.C[CH-]C.[Zn]. The van der Waals surface area contributed by atoms with Crippen LogP contribution in [0.25, 0.3) is 0 Å². The van der Waals surface area contributed by atoms with Crippen molar-refractivity contribution < 1.29 is 24.6 Å². The van der Waals surface area contributed by atoms with E-state index >= 15 is 0 Å². The quantitative estimate of drug-likeness (QED) is 0.506. The van der Waals surface area contributed by atoms with Crippen molar-refractivity contribution in [2.45, 2.75) is 54.6 Å². The van der Waals surface area contributed by atoms with Gasteiger partial charge in [0.1, 0.15) is 0 Å². The number of aliphatic hydroxyl groups excluding tert-OH is 1. The molecule has 0 saturated carbocycles. The van der Waals surface area contributed by atoms with Crippen molar-refractivity contribution in [3.05, 3.63) is 30.2 Å². The maximum Gasteiger partial charge on any atom is 0.204 e. The fraction of sp³-hybridized carbons (Fsp3) is 0.588. The molecule has 0 radical (unpaired) electrons. The number of aromatic nitrogens is 2. The third-order valence-electron chi connectivity index (χ3n) is 2.19. The summed E-state index contributed by atoms with van der Waals surface area (Å²) in [6.45, 7) is 14.0. The molecule has 21 heavy (non-hydrogen) atoms. The Morgan fingerprint density at radius 2 is 1.57 bits per heavy atom. The third kappa shape index (κ3) is 10.6. The molecule has 1 N–H and O–H groups in total. The van der Waals surface area contributed by atoms with Crippen molar-refractivity contribution in [1.82, 2.24) is 9.97 Å². The average Bonchev–Trinajstić information content (AvgIpc) is 2.36. The molecular weight excluding hydrogens is 314 g/mol. The average molecular weight is 341 g/mol. The molecule has 0 spiro atoms. The standard InChI is InChI=1S/C14H20N2O.C3H7.Zn/c1-10(2)13(17)11-8-15-12(16-9-11)6-7-14(3,4)5;1-3-2;/h8-10,13,17H,1-5H3;3H,1-2H3;/q;-1;. The molecule has 4 heteroatoms. The first-order chi connectivity index (χ1) is 9.21. The summed E-state index contributed by atoms with van der Waals surface area (Å²) in [6.07, 6.45) is 4.77. The molecule has 0 aromatic carbocycles. The Balaban J connectivity index is 0. The molecule has 1 aromatic rings. The van der Waals surface area contributed by atoms with Gasteiger partial charge in [-0.05, 0) is 32.6 Å². The maximum absolute atomic E-state index is 9.83. The van der Waals surface area contributed by atoms with Crippen LogP contribution in [-0.2, 0) is 19.5 Å². The Kier molecular flexibility index (Phi) is 11.7. The smallest absolute Gasteiger partial charge is 0.204 e. The summed E-state index contributed by atoms with van der Waals surface area (Å²) in [7, 11) is 0. The number of aliphatic hydroxyl groups is 1. The fourth-order valence-electron chi connectivity index (χ4n) is 1.18. The molecular formula is C17H27N2OZn-. The number of rotatable bonds is 2. The molecule has 1 unspecified atom stereocenters. The minimum atomic E-state index is -0.514. The van der Waals surface area contributed by atoms with Gasteiger partial charge in [0.25, 0.3) is 0 Å². The molecule has 0 aliphatic heterocycles. The van der Waals surface area contributed by atoms with Gasteiger partial charge in [-0.15, -0.1) is 0 Å². The summed E-state index contributed by atoms with van der Waals surface area (Å²) in [5.41, 5.74) is 0.681. The first kappa shape index (κ1) is 22.5. The van der Waals surface area contributed by atoms with E-state index in [1.165, 1.54) is 0 Å². The second kappa shape index (κ2) is 10.9. The van der Waals surface area contributed by atoms with Crippen molar-refractivity contribution >= 4 is 0 Å². The normalized spacial score (nSPS) is 11.5. The molecule has 0 amide bonds. The molecule has 1 aromatic heterocycles. The monoisotopic (exact) mass is 339 g/mol. The van der Waals surface area contributed by atoms with Crippen LogP contribution in [0.4, 0.5) is 0 Å². The predicted molar refractivity (Wildman–Crippen MR) is 83.8 cm³/mol. The largest absolute Gasteiger partial charge is 0.388 e. The molecule has 114 valence electrons. The van der Waals surface area contributed by atoms with Crippen molar-refractivity contribution in [3.63, 3.8) is 0 Å². The van der Waals surface area contributed by atoms with Crippen molar-refractivity contribution in [2.75, 3.05) is 0 Å². The number of hydrogen-bond donors (Lipinski definition) is 1. The predicted octanol–water partition coefficient (Wildman–Crippen LogP) is 3.79. The van der Waals surface area contributed by atoms with E-state index < -0.39 is 6.10 Å². The Hall–Kier alpha value is -0.777. The van der Waals surface area contributed by atoms with Crippen LogP contribution in [0.15, 0.2) is 12.4 Å². The van der Waals surface area contributed by atoms with Crippen LogP contribution in [0.1, 0.15) is 66.0 Å². The first-order valence-corrected chi connectivity index (χ1v) is 6.98. The summed E-state index contributed by atoms with van der Waals surface area (Å²) in [4.78, 5) is 8.28. The van der Waals surface area contributed by atoms with Crippen molar-refractivity contribution in [2.24, 2.45) is 11.3 Å². The minimum absolute atomic E-state index is 0. The van der Waals surface area contributed by atoms with Gasteiger partial charge in [0, 0.05) is 42.9 Å². The van der Waals surface area contributed by atoms with Crippen molar-refractivity contribution in [3.8, 4) is 11.8 Å². The van der Waals surface area contributed by atoms with E-state index in [1.54, 1.807) is 12.4 Å². The molecule has 0 bridgehead atoms. The Bertz CT molecular complexity index is 439. The van der Waals surface area contributed by atoms with Crippen LogP contribution in [0.3, 0.4) is 0 Å². The van der Waals surface area contributed by atoms with E-state index in [4.69, 9.17) is 0 Å². The molecule has 0 aliphatic carbocycles. The van der Waals surface area contributed by atoms with Crippen LogP contribution < -0.4 is 0 Å². The molecule has 1 rings (SSSR count). The van der Waals surface area contributed by atoms with Crippen molar-refractivity contribution in [1.29, 1.82) is 0 Å².